The number of halogens is 1. The zero-order valence-electron chi connectivity index (χ0n) is 10.5. The first kappa shape index (κ1) is 18.0. The van der Waals surface area contributed by atoms with Crippen LogP contribution in [-0.2, 0) is 4.57 Å². The molecule has 0 saturated heterocycles. The van der Waals surface area contributed by atoms with Gasteiger partial charge in [0.2, 0.25) is 0 Å². The number of benzene rings is 1. The highest BCUT2D eigenvalue weighted by molar-refractivity contribution is 7.52. The maximum absolute atomic E-state index is 11.3. The Bertz CT molecular complexity index is 901. The molecule has 2 rings (SSSR count). The summed E-state index contributed by atoms with van der Waals surface area (Å²) in [7, 11) is -4.82. The molecule has 11 nitrogen and oxygen atoms in total. The zero-order chi connectivity index (χ0) is 15.9. The van der Waals surface area contributed by atoms with Gasteiger partial charge in [-0.3, -0.25) is 24.3 Å². The number of nitrogens with two attached hydrogens (primary N) is 1. The number of aromatic nitrogens is 2. The Labute approximate surface area is 126 Å². The fourth-order valence-corrected chi connectivity index (χ4v) is 2.32. The second-order valence-electron chi connectivity index (χ2n) is 4.16. The van der Waals surface area contributed by atoms with E-state index >= 15 is 0 Å². The molecule has 6 N–H and O–H groups in total. The molecule has 1 heterocycles. The number of non-ortho nitro benzene ring substituents is 1. The van der Waals surface area contributed by atoms with Crippen LogP contribution in [0.4, 0.5) is 5.69 Å². The Kier molecular flexibility index (Phi) is 4.90. The second kappa shape index (κ2) is 5.99. The number of nitrogens with zero attached hydrogens (tertiary/aromatic N) is 1. The van der Waals surface area contributed by atoms with Crippen LogP contribution in [0.1, 0.15) is 11.3 Å². The van der Waals surface area contributed by atoms with Crippen LogP contribution in [0.3, 0.4) is 0 Å². The topological polar surface area (TPSA) is 192 Å². The quantitative estimate of drug-likeness (QED) is 0.214. The van der Waals surface area contributed by atoms with Crippen molar-refractivity contribution >= 4 is 36.7 Å². The van der Waals surface area contributed by atoms with Crippen LogP contribution in [0.5, 0.6) is 0 Å². The van der Waals surface area contributed by atoms with Crippen LogP contribution in [0.15, 0.2) is 21.7 Å². The number of nitrogens with one attached hydrogen (secondary N) is 2. The molecule has 1 aromatic heterocycles. The van der Waals surface area contributed by atoms with Crippen molar-refractivity contribution in [2.24, 2.45) is 5.73 Å². The lowest BCUT2D eigenvalue weighted by molar-refractivity contribution is -0.384. The van der Waals surface area contributed by atoms with Crippen molar-refractivity contribution in [2.45, 2.75) is 5.78 Å². The molecule has 0 aliphatic heterocycles. The summed E-state index contributed by atoms with van der Waals surface area (Å²) in [6.07, 6.45) is 0. The van der Waals surface area contributed by atoms with Gasteiger partial charge in [-0.15, -0.1) is 12.4 Å². The van der Waals surface area contributed by atoms with Crippen LogP contribution >= 0.6 is 20.0 Å². The van der Waals surface area contributed by atoms with Gasteiger partial charge in [0.1, 0.15) is 5.78 Å². The van der Waals surface area contributed by atoms with Gasteiger partial charge < -0.3 is 25.5 Å². The second-order valence-corrected chi connectivity index (χ2v) is 5.89. The average Bonchev–Trinajstić information content (AvgIpc) is 2.37. The minimum absolute atomic E-state index is 0. The Morgan fingerprint density at radius 1 is 1.23 bits per heavy atom. The molecule has 0 fully saturated rings. The van der Waals surface area contributed by atoms with Crippen molar-refractivity contribution in [3.8, 4) is 0 Å². The largest absolute Gasteiger partial charge is 0.346 e. The van der Waals surface area contributed by atoms with Crippen LogP contribution < -0.4 is 16.9 Å². The molecular weight excluding hydrogens is 343 g/mol. The van der Waals surface area contributed by atoms with Gasteiger partial charge in [-0.2, -0.15) is 0 Å². The average molecular weight is 353 g/mol. The predicted molar refractivity (Wildman–Crippen MR) is 78.1 cm³/mol. The molecule has 0 radical (unpaired) electrons. The van der Waals surface area contributed by atoms with Crippen LogP contribution in [0.2, 0.25) is 0 Å². The van der Waals surface area contributed by atoms with Crippen molar-refractivity contribution in [1.82, 2.24) is 9.97 Å². The van der Waals surface area contributed by atoms with E-state index in [4.69, 9.17) is 15.5 Å². The maximum Gasteiger partial charge on any atom is 0.346 e. The lowest BCUT2D eigenvalue weighted by atomic mass is 10.1. The number of hydrogen-bond acceptors (Lipinski definition) is 6. The van der Waals surface area contributed by atoms with Gasteiger partial charge in [-0.05, 0) is 0 Å². The lowest BCUT2D eigenvalue weighted by Crippen LogP contribution is -2.29. The molecule has 0 amide bonds. The number of aromatic amines is 2. The van der Waals surface area contributed by atoms with Crippen molar-refractivity contribution in [2.75, 3.05) is 0 Å². The first-order valence-electron chi connectivity index (χ1n) is 5.36. The number of hydrogen-bond donors (Lipinski definition) is 5. The van der Waals surface area contributed by atoms with Crippen molar-refractivity contribution < 1.29 is 19.3 Å². The summed E-state index contributed by atoms with van der Waals surface area (Å²) in [6.45, 7) is 0. The van der Waals surface area contributed by atoms with Gasteiger partial charge in [-0.25, -0.2) is 0 Å². The summed E-state index contributed by atoms with van der Waals surface area (Å²) < 4.78 is 11.2. The normalized spacial score (nSPS) is 12.7. The SMILES string of the molecule is Cl.NC(c1cc([N+](=O)[O-])cc2[nH]c(=O)c(=O)[nH]c12)P(=O)(O)O. The Morgan fingerprint density at radius 2 is 1.77 bits per heavy atom. The van der Waals surface area contributed by atoms with Gasteiger partial charge in [0.15, 0.2) is 0 Å². The zero-order valence-corrected chi connectivity index (χ0v) is 12.3. The molecule has 1 unspecified atom stereocenters. The van der Waals surface area contributed by atoms with Gasteiger partial charge in [0.05, 0.1) is 16.0 Å². The van der Waals surface area contributed by atoms with Crippen LogP contribution in [-0.4, -0.2) is 24.7 Å². The number of nitro groups is 1. The van der Waals surface area contributed by atoms with Gasteiger partial charge in [0.25, 0.3) is 5.69 Å². The monoisotopic (exact) mass is 352 g/mol. The minimum Gasteiger partial charge on any atom is -0.323 e. The van der Waals surface area contributed by atoms with E-state index < -0.39 is 35.1 Å². The molecule has 0 aliphatic rings. The number of fused-ring (bicyclic) bond motifs is 1. The summed E-state index contributed by atoms with van der Waals surface area (Å²) in [4.78, 5) is 55.0. The van der Waals surface area contributed by atoms with E-state index in [-0.39, 0.29) is 29.0 Å². The molecule has 1 aromatic carbocycles. The minimum atomic E-state index is -4.82. The van der Waals surface area contributed by atoms with Gasteiger partial charge in [-0.1, -0.05) is 0 Å². The van der Waals surface area contributed by atoms with E-state index in [1.54, 1.807) is 0 Å². The molecule has 0 saturated carbocycles. The fraction of sp³-hybridized carbons (Fsp3) is 0.111. The highest BCUT2D eigenvalue weighted by Gasteiger charge is 2.30. The molecular formula is C9H10ClN4O7P. The molecule has 0 aliphatic carbocycles. The van der Waals surface area contributed by atoms with Crippen LogP contribution in [0, 0.1) is 10.1 Å². The number of rotatable bonds is 3. The molecule has 2 aromatic rings. The molecule has 1 atom stereocenters. The van der Waals surface area contributed by atoms with E-state index in [1.807, 2.05) is 0 Å². The standard InChI is InChI=1S/C9H9N4O7P.ClH/c10-7(21(18,19)20)4-1-3(13(16)17)2-5-6(4)12-9(15)8(14)11-5;/h1-2,7H,10H2,(H,11,14)(H,12,15)(H2,18,19,20);1H. The smallest absolute Gasteiger partial charge is 0.323 e. The van der Waals surface area contributed by atoms with Crippen LogP contribution in [0.25, 0.3) is 11.0 Å². The van der Waals surface area contributed by atoms with Gasteiger partial charge >= 0.3 is 18.7 Å². The number of H-pyrrole nitrogens is 2. The Morgan fingerprint density at radius 3 is 2.27 bits per heavy atom. The molecule has 13 heteroatoms. The molecule has 0 spiro atoms. The number of nitro benzene ring substituents is 1. The Hall–Kier alpha value is -2.04. The van der Waals surface area contributed by atoms with E-state index in [0.29, 0.717) is 0 Å². The molecule has 22 heavy (non-hydrogen) atoms. The third kappa shape index (κ3) is 3.24. The Balaban J connectivity index is 0.00000242. The van der Waals surface area contributed by atoms with Gasteiger partial charge in [0, 0.05) is 17.7 Å². The maximum atomic E-state index is 11.3. The highest BCUT2D eigenvalue weighted by Crippen LogP contribution is 2.49. The summed E-state index contributed by atoms with van der Waals surface area (Å²) in [5, 5.41) is 10.8. The first-order chi connectivity index (χ1) is 9.61. The highest BCUT2D eigenvalue weighted by atomic mass is 35.5. The third-order valence-corrected chi connectivity index (χ3v) is 3.74. The molecule has 120 valence electrons. The summed E-state index contributed by atoms with van der Waals surface area (Å²) in [6, 6.07) is 1.78. The van der Waals surface area contributed by atoms with Crippen molar-refractivity contribution in [3.63, 3.8) is 0 Å². The van der Waals surface area contributed by atoms with E-state index in [9.17, 15) is 24.3 Å². The summed E-state index contributed by atoms with van der Waals surface area (Å²) >= 11 is 0. The fourth-order valence-electron chi connectivity index (χ4n) is 1.76. The lowest BCUT2D eigenvalue weighted by Gasteiger charge is -2.15. The van der Waals surface area contributed by atoms with Crippen molar-refractivity contribution in [3.05, 3.63) is 48.5 Å². The van der Waals surface area contributed by atoms with E-state index in [0.717, 1.165) is 12.1 Å². The summed E-state index contributed by atoms with van der Waals surface area (Å²) in [5.41, 5.74) is 2.04. The third-order valence-electron chi connectivity index (χ3n) is 2.74. The molecule has 0 bridgehead atoms. The van der Waals surface area contributed by atoms with E-state index in [1.165, 1.54) is 0 Å². The predicted octanol–water partition coefficient (Wildman–Crippen LogP) is -0.319. The van der Waals surface area contributed by atoms with Crippen molar-refractivity contribution in [1.29, 1.82) is 0 Å². The summed E-state index contributed by atoms with van der Waals surface area (Å²) in [5.74, 6) is -1.89. The first-order valence-corrected chi connectivity index (χ1v) is 7.05. The van der Waals surface area contributed by atoms with E-state index in [2.05, 4.69) is 9.97 Å².